The maximum atomic E-state index is 11.1. The monoisotopic (exact) mass is 683 g/mol. The predicted molar refractivity (Wildman–Crippen MR) is 159 cm³/mol. The van der Waals surface area contributed by atoms with Crippen LogP contribution in [-0.4, -0.2) is 81.7 Å². The molecule has 0 aliphatic rings. The van der Waals surface area contributed by atoms with E-state index in [0.717, 1.165) is 19.5 Å². The van der Waals surface area contributed by atoms with Crippen LogP contribution in [0.5, 0.6) is 0 Å². The summed E-state index contributed by atoms with van der Waals surface area (Å²) in [7, 11) is 7.57. The quantitative estimate of drug-likeness (QED) is 0.248. The van der Waals surface area contributed by atoms with Gasteiger partial charge < -0.3 is 31.4 Å². The molecule has 0 unspecified atom stereocenters. The Labute approximate surface area is 281 Å². The largest absolute Gasteiger partial charge is 0.870 e. The van der Waals surface area contributed by atoms with Gasteiger partial charge in [0.15, 0.2) is 0 Å². The normalized spacial score (nSPS) is 6.67. The molecule has 228 valence electrons. The van der Waals surface area contributed by atoms with Gasteiger partial charge in [-0.15, -0.1) is 6.54 Å². The van der Waals surface area contributed by atoms with Crippen LogP contribution in [0, 0.1) is 0 Å². The molecule has 0 rings (SSSR count). The number of carbonyl (C=O) groups excluding carboxylic acids is 1. The van der Waals surface area contributed by atoms with Gasteiger partial charge in [-0.05, 0) is 32.9 Å². The number of rotatable bonds is 11. The summed E-state index contributed by atoms with van der Waals surface area (Å²) in [5.41, 5.74) is 0. The van der Waals surface area contributed by atoms with Gasteiger partial charge in [0.1, 0.15) is 0 Å². The number of quaternary nitrogens is 1. The number of carbonyl (C=O) groups is 2. The minimum atomic E-state index is -0.923. The third kappa shape index (κ3) is 112. The van der Waals surface area contributed by atoms with Gasteiger partial charge in [-0.3, -0.25) is 9.59 Å². The summed E-state index contributed by atoms with van der Waals surface area (Å²) in [6.45, 7) is 12.5. The van der Waals surface area contributed by atoms with E-state index in [2.05, 4.69) is 43.8 Å². The minimum Gasteiger partial charge on any atom is -0.870 e. The Balaban J connectivity index is -0.0000000177. The second-order valence-corrected chi connectivity index (χ2v) is 6.05. The van der Waals surface area contributed by atoms with Crippen molar-refractivity contribution in [2.75, 3.05) is 54.4 Å². The van der Waals surface area contributed by atoms with Gasteiger partial charge in [0, 0.05) is 85.4 Å². The van der Waals surface area contributed by atoms with Gasteiger partial charge in [0.25, 0.3) is 0 Å². The Hall–Kier alpha value is 0.988. The molecular weight excluding hydrogens is 610 g/mol. The Morgan fingerprint density at radius 1 is 0.861 bits per heavy atom. The van der Waals surface area contributed by atoms with Crippen LogP contribution in [0.1, 0.15) is 111 Å². The zero-order valence-corrected chi connectivity index (χ0v) is 26.6. The summed E-state index contributed by atoms with van der Waals surface area (Å²) in [6, 6.07) is 0. The first-order valence-electron chi connectivity index (χ1n) is 10.3. The molecule has 8 nitrogen and oxygen atoms in total. The fourth-order valence-corrected chi connectivity index (χ4v) is 1.63. The molecule has 0 saturated carbocycles. The topological polar surface area (TPSA) is 130 Å². The molecule has 0 aliphatic heterocycles. The van der Waals surface area contributed by atoms with Gasteiger partial charge >= 0.3 is 5.97 Å². The third-order valence-electron chi connectivity index (χ3n) is 3.06. The number of amides is 1. The van der Waals surface area contributed by atoms with E-state index in [1.54, 1.807) is 11.9 Å². The molecule has 5 N–H and O–H groups in total. The van der Waals surface area contributed by atoms with Crippen molar-refractivity contribution in [3.63, 3.8) is 0 Å². The zero-order chi connectivity index (χ0) is 21.9. The molecule has 0 bridgehead atoms. The molecule has 10 heteroatoms. The first-order chi connectivity index (χ1) is 12.8. The van der Waals surface area contributed by atoms with Crippen LogP contribution in [0.15, 0.2) is 0 Å². The van der Waals surface area contributed by atoms with Crippen LogP contribution in [0.25, 0.3) is 5.32 Å². The fraction of sp³-hybridized carbons (Fsp3) is 0.923. The van der Waals surface area contributed by atoms with Crippen LogP contribution in [0.3, 0.4) is 0 Å². The number of nitrogens with zero attached hydrogens (tertiary/aromatic N) is 2. The number of carboxylic acid groups (broad SMARTS) is 1. The molecule has 0 fully saturated rings. The van der Waals surface area contributed by atoms with Crippen molar-refractivity contribution in [1.29, 1.82) is 0 Å². The van der Waals surface area contributed by atoms with E-state index >= 15 is 0 Å². The Kier molecular flexibility index (Phi) is 193. The van der Waals surface area contributed by atoms with E-state index in [0.29, 0.717) is 6.54 Å². The van der Waals surface area contributed by atoms with Crippen LogP contribution < -0.4 is 10.6 Å². The standard InChI is InChI=1S/C8H15NO3.2C4H11N.C4H10N.6CH4.H2O.2Y/c1-3-6-9(2)7(10)4-5-8(11)12;3*1-3-4-5-2;;;;;;;;;/h3-6H2,1-2H3,(H,11,12);2*5H,3-4H2,1-2H3;3-4H2,1-2H3;6*1H4;1H2;;/q;;;-1;;;;;;;;;. The van der Waals surface area contributed by atoms with E-state index in [1.165, 1.54) is 25.8 Å². The molecule has 0 aliphatic carbocycles. The number of hydrogen-bond donors (Lipinski definition) is 3. The molecule has 0 aromatic rings. The van der Waals surface area contributed by atoms with Crippen molar-refractivity contribution >= 4 is 11.9 Å². The van der Waals surface area contributed by atoms with Crippen molar-refractivity contribution in [2.45, 2.75) is 111 Å². The van der Waals surface area contributed by atoms with E-state index in [-0.39, 0.29) is 134 Å². The molecular formula is C26H73N4O4Y2-. The average molecular weight is 684 g/mol. The van der Waals surface area contributed by atoms with Crippen LogP contribution >= 0.6 is 0 Å². The third-order valence-corrected chi connectivity index (χ3v) is 3.06. The van der Waals surface area contributed by atoms with Gasteiger partial charge in [0.2, 0.25) is 5.91 Å². The molecule has 1 amide bonds. The summed E-state index contributed by atoms with van der Waals surface area (Å²) in [5.74, 6) is -1.02. The molecule has 0 saturated heterocycles. The maximum Gasteiger partial charge on any atom is 0.303 e. The average Bonchev–Trinajstić information content (AvgIpc) is 2.63. The maximum absolute atomic E-state index is 11.1. The minimum absolute atomic E-state index is 0. The van der Waals surface area contributed by atoms with E-state index in [4.69, 9.17) is 5.11 Å². The number of carboxylic acids is 1. The van der Waals surface area contributed by atoms with Gasteiger partial charge in [0.05, 0.1) is 20.0 Å². The second kappa shape index (κ2) is 83.4. The Bertz CT molecular complexity index is 287. The smallest absolute Gasteiger partial charge is 0.303 e. The van der Waals surface area contributed by atoms with Gasteiger partial charge in [-0.1, -0.05) is 78.7 Å². The van der Waals surface area contributed by atoms with E-state index in [1.807, 2.05) is 21.0 Å². The number of nitrogens with two attached hydrogens (primary N) is 1. The summed E-state index contributed by atoms with van der Waals surface area (Å²) >= 11 is 0. The number of hydrogen-bond acceptors (Lipinski definition) is 4. The molecule has 0 spiro atoms. The van der Waals surface area contributed by atoms with Crippen LogP contribution in [-0.2, 0) is 75.0 Å². The second-order valence-electron chi connectivity index (χ2n) is 6.05. The molecule has 0 heterocycles. The zero-order valence-electron chi connectivity index (χ0n) is 20.9. The molecule has 0 aromatic carbocycles. The van der Waals surface area contributed by atoms with Crippen molar-refractivity contribution in [3.8, 4) is 0 Å². The van der Waals surface area contributed by atoms with E-state index in [9.17, 15) is 9.59 Å². The summed E-state index contributed by atoms with van der Waals surface area (Å²) in [5, 5.41) is 17.4. The predicted octanol–water partition coefficient (Wildman–Crippen LogP) is 5.96. The molecule has 36 heavy (non-hydrogen) atoms. The Morgan fingerprint density at radius 2 is 1.31 bits per heavy atom. The summed E-state index contributed by atoms with van der Waals surface area (Å²) in [6.07, 6.45) is 4.62. The van der Waals surface area contributed by atoms with E-state index < -0.39 is 5.97 Å². The van der Waals surface area contributed by atoms with Crippen molar-refractivity contribution in [1.82, 2.24) is 10.2 Å². The van der Waals surface area contributed by atoms with Crippen LogP contribution in [0.4, 0.5) is 0 Å². The molecule has 0 aromatic heterocycles. The number of aliphatic carboxylic acids is 1. The summed E-state index contributed by atoms with van der Waals surface area (Å²) < 4.78 is 0. The molecule has 2 radical (unpaired) electrons. The van der Waals surface area contributed by atoms with Crippen molar-refractivity contribution in [2.24, 2.45) is 0 Å². The fourth-order valence-electron chi connectivity index (χ4n) is 1.63. The Morgan fingerprint density at radius 3 is 1.44 bits per heavy atom. The van der Waals surface area contributed by atoms with Gasteiger partial charge in [-0.25, -0.2) is 0 Å². The SMILES string of the molecule is C.C.C.C.C.C.CCCN(C)C(=O)CCC(=O)O.CCCNC.CCC[N-]C.CCC[NH2+]C.[OH-].[Y].[Y]. The van der Waals surface area contributed by atoms with Crippen LogP contribution in [0.2, 0.25) is 0 Å². The molecule has 0 atom stereocenters. The summed E-state index contributed by atoms with van der Waals surface area (Å²) in [4.78, 5) is 22.8. The van der Waals surface area contributed by atoms with Crippen molar-refractivity contribution in [3.05, 3.63) is 5.32 Å². The van der Waals surface area contributed by atoms with Crippen molar-refractivity contribution < 1.29 is 90.9 Å². The first kappa shape index (κ1) is 83.3. The number of nitrogens with one attached hydrogen (secondary N) is 1. The first-order valence-corrected chi connectivity index (χ1v) is 10.3. The van der Waals surface area contributed by atoms with Gasteiger partial charge in [-0.2, -0.15) is 7.05 Å².